The molecule has 2 atom stereocenters. The quantitative estimate of drug-likeness (QED) is 0.458. The van der Waals surface area contributed by atoms with Crippen molar-refractivity contribution in [1.29, 1.82) is 0 Å². The Balaban J connectivity index is 1.17. The first-order valence-corrected chi connectivity index (χ1v) is 15.3. The van der Waals surface area contributed by atoms with Gasteiger partial charge in [0.05, 0.1) is 17.8 Å². The van der Waals surface area contributed by atoms with Crippen LogP contribution in [0.1, 0.15) is 91.8 Å². The Labute approximate surface area is 243 Å². The molecule has 0 spiro atoms. The highest BCUT2D eigenvalue weighted by Gasteiger charge is 2.46. The summed E-state index contributed by atoms with van der Waals surface area (Å²) in [6.07, 6.45) is 12.6. The molecule has 3 amide bonds. The van der Waals surface area contributed by atoms with Gasteiger partial charge in [0.2, 0.25) is 0 Å². The highest BCUT2D eigenvalue weighted by atomic mass is 35.5. The van der Waals surface area contributed by atoms with Crippen molar-refractivity contribution in [2.24, 2.45) is 7.05 Å². The standard InChI is InChI=1S/C30H44ClN7O2/c1-20-18-26(31)34-22(3)27(20)29(39)33-13-10-21(2)36-15-11-24(12-16-36)38-25(28-32-14-17-35(28)4)19-37(30(38)40)23-8-6-5-7-9-23/h14,17-18,21,23-25H,5-13,15-16,19H2,1-4H3,(H,33,39). The first kappa shape index (κ1) is 28.9. The average molecular weight is 570 g/mol. The normalized spacial score (nSPS) is 22.2. The molecule has 2 aromatic heterocycles. The molecule has 4 heterocycles. The molecule has 1 saturated carbocycles. The SMILES string of the molecule is Cc1cc(Cl)nc(C)c1C(=O)NCCC(C)N1CCC(N2C(=O)N(C3CCCCC3)CC2c2nccn2C)CC1. The minimum Gasteiger partial charge on any atom is -0.352 e. The van der Waals surface area contributed by atoms with Crippen molar-refractivity contribution in [2.75, 3.05) is 26.2 Å². The molecule has 2 aromatic rings. The van der Waals surface area contributed by atoms with Crippen LogP contribution in [0.25, 0.3) is 0 Å². The van der Waals surface area contributed by atoms with Gasteiger partial charge in [-0.1, -0.05) is 30.9 Å². The summed E-state index contributed by atoms with van der Waals surface area (Å²) in [5, 5.41) is 3.49. The van der Waals surface area contributed by atoms with E-state index in [9.17, 15) is 9.59 Å². The molecular formula is C30H44ClN7O2. The third-order valence-corrected chi connectivity index (χ3v) is 9.49. The maximum atomic E-state index is 13.9. The second-order valence-corrected chi connectivity index (χ2v) is 12.3. The number of urea groups is 1. The Morgan fingerprint density at radius 3 is 2.50 bits per heavy atom. The lowest BCUT2D eigenvalue weighted by molar-refractivity contribution is 0.0865. The van der Waals surface area contributed by atoms with Gasteiger partial charge < -0.3 is 24.6 Å². The number of aryl methyl sites for hydroxylation is 3. The van der Waals surface area contributed by atoms with E-state index < -0.39 is 0 Å². The monoisotopic (exact) mass is 569 g/mol. The molecule has 40 heavy (non-hydrogen) atoms. The van der Waals surface area contributed by atoms with E-state index >= 15 is 0 Å². The number of carbonyl (C=O) groups excluding carboxylic acids is 2. The second-order valence-electron chi connectivity index (χ2n) is 11.9. The van der Waals surface area contributed by atoms with Gasteiger partial charge >= 0.3 is 6.03 Å². The molecule has 9 nitrogen and oxygen atoms in total. The lowest BCUT2D eigenvalue weighted by Crippen LogP contribution is -2.50. The number of hydrogen-bond acceptors (Lipinski definition) is 5. The fraction of sp³-hybridized carbons (Fsp3) is 0.667. The van der Waals surface area contributed by atoms with Crippen LogP contribution in [0, 0.1) is 13.8 Å². The molecule has 0 radical (unpaired) electrons. The van der Waals surface area contributed by atoms with Crippen molar-refractivity contribution in [1.82, 2.24) is 34.6 Å². The van der Waals surface area contributed by atoms with E-state index in [1.807, 2.05) is 33.3 Å². The van der Waals surface area contributed by atoms with Gasteiger partial charge in [-0.3, -0.25) is 4.79 Å². The van der Waals surface area contributed by atoms with Gasteiger partial charge in [0, 0.05) is 57.2 Å². The molecule has 2 saturated heterocycles. The van der Waals surface area contributed by atoms with Crippen molar-refractivity contribution in [3.8, 4) is 0 Å². The van der Waals surface area contributed by atoms with Crippen molar-refractivity contribution in [3.05, 3.63) is 46.3 Å². The Bertz CT molecular complexity index is 1180. The number of piperidine rings is 1. The molecule has 3 aliphatic rings. The first-order chi connectivity index (χ1) is 19.2. The summed E-state index contributed by atoms with van der Waals surface area (Å²) >= 11 is 6.03. The summed E-state index contributed by atoms with van der Waals surface area (Å²) in [5.74, 6) is 0.889. The van der Waals surface area contributed by atoms with E-state index in [1.165, 1.54) is 19.3 Å². The molecular weight excluding hydrogens is 526 g/mol. The third kappa shape index (κ3) is 6.00. The van der Waals surface area contributed by atoms with Crippen LogP contribution < -0.4 is 5.32 Å². The fourth-order valence-corrected chi connectivity index (χ4v) is 7.34. The van der Waals surface area contributed by atoms with Crippen LogP contribution in [0.3, 0.4) is 0 Å². The number of pyridine rings is 1. The zero-order valence-electron chi connectivity index (χ0n) is 24.4. The van der Waals surface area contributed by atoms with Gasteiger partial charge in [-0.2, -0.15) is 0 Å². The number of carbonyl (C=O) groups is 2. The van der Waals surface area contributed by atoms with E-state index in [0.29, 0.717) is 35.0 Å². The molecule has 0 bridgehead atoms. The molecule has 2 aliphatic heterocycles. The van der Waals surface area contributed by atoms with Crippen molar-refractivity contribution in [2.45, 2.75) is 96.3 Å². The van der Waals surface area contributed by atoms with E-state index in [4.69, 9.17) is 11.6 Å². The van der Waals surface area contributed by atoms with Crippen LogP contribution in [-0.2, 0) is 7.05 Å². The molecule has 3 fully saturated rings. The van der Waals surface area contributed by atoms with Gasteiger partial charge in [0.25, 0.3) is 5.91 Å². The van der Waals surface area contributed by atoms with Crippen LogP contribution in [0.5, 0.6) is 0 Å². The largest absolute Gasteiger partial charge is 0.352 e. The number of amides is 3. The minimum atomic E-state index is -0.0968. The van der Waals surface area contributed by atoms with Gasteiger partial charge in [-0.15, -0.1) is 0 Å². The van der Waals surface area contributed by atoms with Gasteiger partial charge in [0.15, 0.2) is 0 Å². The number of aromatic nitrogens is 3. The molecule has 5 rings (SSSR count). The summed E-state index contributed by atoms with van der Waals surface area (Å²) in [4.78, 5) is 42.4. The van der Waals surface area contributed by atoms with Crippen LogP contribution in [-0.4, -0.2) is 85.5 Å². The van der Waals surface area contributed by atoms with Gasteiger partial charge in [0.1, 0.15) is 17.0 Å². The lowest BCUT2D eigenvalue weighted by Gasteiger charge is -2.41. The summed E-state index contributed by atoms with van der Waals surface area (Å²) in [6, 6.07) is 2.86. The predicted molar refractivity (Wildman–Crippen MR) is 156 cm³/mol. The van der Waals surface area contributed by atoms with Crippen LogP contribution in [0.2, 0.25) is 5.15 Å². The third-order valence-electron chi connectivity index (χ3n) is 9.30. The average Bonchev–Trinajstić information content (AvgIpc) is 3.51. The molecule has 1 aliphatic carbocycles. The van der Waals surface area contributed by atoms with E-state index in [-0.39, 0.29) is 24.0 Å². The van der Waals surface area contributed by atoms with Crippen LogP contribution in [0.4, 0.5) is 4.79 Å². The highest BCUT2D eigenvalue weighted by Crippen LogP contribution is 2.37. The van der Waals surface area contributed by atoms with Crippen molar-refractivity contribution >= 4 is 23.5 Å². The molecule has 0 aromatic carbocycles. The number of hydrogen-bond donors (Lipinski definition) is 1. The summed E-state index contributed by atoms with van der Waals surface area (Å²) < 4.78 is 2.07. The lowest BCUT2D eigenvalue weighted by atomic mass is 9.94. The number of nitrogens with zero attached hydrogens (tertiary/aromatic N) is 6. The predicted octanol–water partition coefficient (Wildman–Crippen LogP) is 4.87. The zero-order valence-corrected chi connectivity index (χ0v) is 25.2. The number of likely N-dealkylation sites (tertiary alicyclic amines) is 1. The van der Waals surface area contributed by atoms with Gasteiger partial charge in [-0.25, -0.2) is 14.8 Å². The van der Waals surface area contributed by atoms with E-state index in [1.54, 1.807) is 6.07 Å². The van der Waals surface area contributed by atoms with E-state index in [0.717, 1.165) is 63.1 Å². The zero-order chi connectivity index (χ0) is 28.4. The molecule has 10 heteroatoms. The fourth-order valence-electron chi connectivity index (χ4n) is 7.05. The molecule has 2 unspecified atom stereocenters. The molecule has 1 N–H and O–H groups in total. The topological polar surface area (TPSA) is 86.6 Å². The number of imidazole rings is 1. The minimum absolute atomic E-state index is 0.00730. The maximum Gasteiger partial charge on any atom is 0.321 e. The number of nitrogens with one attached hydrogen (secondary N) is 1. The smallest absolute Gasteiger partial charge is 0.321 e. The Morgan fingerprint density at radius 2 is 1.85 bits per heavy atom. The number of rotatable bonds is 8. The Morgan fingerprint density at radius 1 is 1.12 bits per heavy atom. The maximum absolute atomic E-state index is 13.9. The second kappa shape index (κ2) is 12.5. The van der Waals surface area contributed by atoms with Gasteiger partial charge in [-0.05, 0) is 64.5 Å². The Kier molecular flexibility index (Phi) is 9.00. The van der Waals surface area contributed by atoms with E-state index in [2.05, 4.69) is 41.5 Å². The van der Waals surface area contributed by atoms with Crippen LogP contribution >= 0.6 is 11.6 Å². The Hall–Kier alpha value is -2.65. The van der Waals surface area contributed by atoms with Crippen LogP contribution in [0.15, 0.2) is 18.5 Å². The van der Waals surface area contributed by atoms with Crippen molar-refractivity contribution < 1.29 is 9.59 Å². The highest BCUT2D eigenvalue weighted by molar-refractivity contribution is 6.29. The summed E-state index contributed by atoms with van der Waals surface area (Å²) in [6.45, 7) is 9.17. The summed E-state index contributed by atoms with van der Waals surface area (Å²) in [5.41, 5.74) is 2.10. The molecule has 218 valence electrons. The van der Waals surface area contributed by atoms with Crippen molar-refractivity contribution in [3.63, 3.8) is 0 Å². The summed E-state index contributed by atoms with van der Waals surface area (Å²) in [7, 11) is 2.03. The number of halogens is 1. The first-order valence-electron chi connectivity index (χ1n) is 15.0.